The number of imide groups is 2. The molecule has 0 aliphatic carbocycles. The number of hydrogen-bond acceptors (Lipinski definition) is 4. The normalized spacial score (nSPS) is 14.6. The highest BCUT2D eigenvalue weighted by Crippen LogP contribution is 2.48. The zero-order valence-electron chi connectivity index (χ0n) is 27.2. The lowest BCUT2D eigenvalue weighted by Gasteiger charge is -2.33. The zero-order valence-corrected chi connectivity index (χ0v) is 27.2. The summed E-state index contributed by atoms with van der Waals surface area (Å²) in [4.78, 5) is 50.4. The van der Waals surface area contributed by atoms with E-state index < -0.39 is 47.0 Å². The Bertz CT molecular complexity index is 1980. The van der Waals surface area contributed by atoms with Crippen LogP contribution in [0.3, 0.4) is 0 Å². The quantitative estimate of drug-likeness (QED) is 0.161. The highest BCUT2D eigenvalue weighted by Gasteiger charge is 2.54. The third kappa shape index (κ3) is 5.89. The Morgan fingerprint density at radius 1 is 0.490 bits per heavy atom. The summed E-state index contributed by atoms with van der Waals surface area (Å²) in [5.41, 5.74) is -0.424. The molecule has 0 radical (unpaired) electrons. The van der Waals surface area contributed by atoms with Crippen LogP contribution in [0.25, 0.3) is 11.1 Å². The molecule has 2 aliphatic heterocycles. The van der Waals surface area contributed by atoms with Crippen LogP contribution in [0.5, 0.6) is 0 Å². The number of nitrogens with zero attached hydrogens (tertiary/aromatic N) is 2. The first-order chi connectivity index (χ1) is 22.7. The van der Waals surface area contributed by atoms with Gasteiger partial charge in [0.25, 0.3) is 23.6 Å². The van der Waals surface area contributed by atoms with E-state index in [0.717, 1.165) is 52.1 Å². The molecule has 4 amide bonds. The van der Waals surface area contributed by atoms with Crippen molar-refractivity contribution in [2.75, 3.05) is 14.1 Å². The molecule has 2 aliphatic rings. The van der Waals surface area contributed by atoms with Crippen molar-refractivity contribution < 1.29 is 45.5 Å². The lowest BCUT2D eigenvalue weighted by Crippen LogP contribution is -2.41. The van der Waals surface area contributed by atoms with Crippen molar-refractivity contribution in [3.63, 3.8) is 0 Å². The summed E-state index contributed by atoms with van der Waals surface area (Å²) in [6.45, 7) is 6.37. The van der Waals surface area contributed by atoms with Gasteiger partial charge >= 0.3 is 12.4 Å². The standard InChI is InChI=1S/C21H15F3N2O4.C16H15F3/c1-20(21(22,23)24,10-4-6-12-14(8-10)18(29)25(2)16(12)27)11-5-7-13-15(9-11)19(30)26(3)17(13)28;1-10-4-6-13(12(3)8-10)14-7-5-11(2)9-15(14)16(17,18)19/h4-9H,1-3H3;4-9H,1-3H3. The van der Waals surface area contributed by atoms with Crippen molar-refractivity contribution in [1.29, 1.82) is 0 Å². The summed E-state index contributed by atoms with van der Waals surface area (Å²) in [6, 6.07) is 16.8. The summed E-state index contributed by atoms with van der Waals surface area (Å²) in [5.74, 6) is -2.53. The van der Waals surface area contributed by atoms with E-state index >= 15 is 0 Å². The van der Waals surface area contributed by atoms with Gasteiger partial charge in [-0.1, -0.05) is 53.6 Å². The molecule has 6 nitrogen and oxygen atoms in total. The van der Waals surface area contributed by atoms with Crippen molar-refractivity contribution in [2.24, 2.45) is 0 Å². The van der Waals surface area contributed by atoms with E-state index in [1.54, 1.807) is 25.1 Å². The zero-order chi connectivity index (χ0) is 36.4. The van der Waals surface area contributed by atoms with Gasteiger partial charge in [-0.15, -0.1) is 0 Å². The van der Waals surface area contributed by atoms with Gasteiger partial charge in [0.2, 0.25) is 0 Å². The van der Waals surface area contributed by atoms with Gasteiger partial charge in [-0.2, -0.15) is 26.3 Å². The number of amides is 4. The van der Waals surface area contributed by atoms with Crippen molar-refractivity contribution in [2.45, 2.75) is 45.5 Å². The number of halogens is 6. The van der Waals surface area contributed by atoms with Gasteiger partial charge < -0.3 is 0 Å². The smallest absolute Gasteiger partial charge is 0.277 e. The maximum atomic E-state index is 14.4. The second kappa shape index (κ2) is 12.0. The van der Waals surface area contributed by atoms with E-state index in [9.17, 15) is 45.5 Å². The average Bonchev–Trinajstić information content (AvgIpc) is 3.38. The molecule has 0 saturated heterocycles. The first kappa shape index (κ1) is 35.1. The highest BCUT2D eigenvalue weighted by molar-refractivity contribution is 6.22. The molecule has 0 unspecified atom stereocenters. The van der Waals surface area contributed by atoms with Crippen molar-refractivity contribution >= 4 is 23.6 Å². The number of carbonyl (C=O) groups excluding carboxylic acids is 4. The predicted molar refractivity (Wildman–Crippen MR) is 169 cm³/mol. The minimum Gasteiger partial charge on any atom is -0.277 e. The van der Waals surface area contributed by atoms with Crippen molar-refractivity contribution in [3.05, 3.63) is 128 Å². The molecule has 12 heteroatoms. The number of carbonyl (C=O) groups is 4. The predicted octanol–water partition coefficient (Wildman–Crippen LogP) is 8.30. The van der Waals surface area contributed by atoms with Crippen molar-refractivity contribution in [1.82, 2.24) is 9.80 Å². The first-order valence-corrected chi connectivity index (χ1v) is 14.9. The van der Waals surface area contributed by atoms with Crippen LogP contribution in [-0.2, 0) is 11.6 Å². The number of aryl methyl sites for hydroxylation is 3. The second-order valence-corrected chi connectivity index (χ2v) is 12.3. The monoisotopic (exact) mass is 680 g/mol. The van der Waals surface area contributed by atoms with Crippen LogP contribution in [0.2, 0.25) is 0 Å². The van der Waals surface area contributed by atoms with Crippen LogP contribution in [0.1, 0.15) is 81.7 Å². The Balaban J connectivity index is 0.000000212. The second-order valence-electron chi connectivity index (χ2n) is 12.3. The fraction of sp³-hybridized carbons (Fsp3) is 0.243. The summed E-state index contributed by atoms with van der Waals surface area (Å²) in [5, 5.41) is 0. The van der Waals surface area contributed by atoms with E-state index in [4.69, 9.17) is 0 Å². The van der Waals surface area contributed by atoms with Gasteiger partial charge in [-0.05, 0) is 85.8 Å². The van der Waals surface area contributed by atoms with E-state index in [-0.39, 0.29) is 38.9 Å². The van der Waals surface area contributed by atoms with Crippen LogP contribution >= 0.6 is 0 Å². The number of alkyl halides is 6. The SMILES string of the molecule is CN1C(=O)c2ccc(C(C)(c3ccc4c(c3)C(=O)N(C)C4=O)C(F)(F)F)cc2C1=O.Cc1ccc(-c2ccc(C)cc2C(F)(F)F)c(C)c1. The molecule has 4 aromatic carbocycles. The molecule has 49 heavy (non-hydrogen) atoms. The van der Waals surface area contributed by atoms with E-state index in [2.05, 4.69) is 0 Å². The van der Waals surface area contributed by atoms with E-state index in [1.165, 1.54) is 32.3 Å². The maximum Gasteiger partial charge on any atom is 0.417 e. The Hall–Kier alpha value is -5.26. The Morgan fingerprint density at radius 3 is 1.29 bits per heavy atom. The molecule has 0 spiro atoms. The molecule has 6 rings (SSSR count). The van der Waals surface area contributed by atoms with E-state index in [1.807, 2.05) is 26.0 Å². The van der Waals surface area contributed by atoms with Gasteiger partial charge in [0, 0.05) is 14.1 Å². The van der Waals surface area contributed by atoms with Crippen LogP contribution in [0.4, 0.5) is 26.3 Å². The van der Waals surface area contributed by atoms with Crippen molar-refractivity contribution in [3.8, 4) is 11.1 Å². The molecule has 0 fully saturated rings. The molecule has 0 N–H and O–H groups in total. The third-order valence-corrected chi connectivity index (χ3v) is 9.05. The highest BCUT2D eigenvalue weighted by atomic mass is 19.4. The van der Waals surface area contributed by atoms with Crippen LogP contribution in [0, 0.1) is 20.8 Å². The summed E-state index contributed by atoms with van der Waals surface area (Å²) in [6.07, 6.45) is -9.14. The number of rotatable bonds is 3. The minimum absolute atomic E-state index is 0.0344. The fourth-order valence-corrected chi connectivity index (χ4v) is 6.08. The van der Waals surface area contributed by atoms with Gasteiger partial charge in [0.15, 0.2) is 0 Å². The number of fused-ring (bicyclic) bond motifs is 2. The Kier molecular flexibility index (Phi) is 8.59. The number of hydrogen-bond donors (Lipinski definition) is 0. The largest absolute Gasteiger partial charge is 0.417 e. The van der Waals surface area contributed by atoms with Crippen LogP contribution < -0.4 is 0 Å². The Labute approximate surface area is 278 Å². The van der Waals surface area contributed by atoms with E-state index in [0.29, 0.717) is 11.1 Å². The Morgan fingerprint density at radius 2 is 0.878 bits per heavy atom. The van der Waals surface area contributed by atoms with Gasteiger partial charge in [0.05, 0.1) is 27.8 Å². The molecular weight excluding hydrogens is 650 g/mol. The average molecular weight is 681 g/mol. The molecule has 254 valence electrons. The third-order valence-electron chi connectivity index (χ3n) is 9.05. The molecule has 4 aromatic rings. The van der Waals surface area contributed by atoms with Gasteiger partial charge in [-0.3, -0.25) is 29.0 Å². The molecule has 0 atom stereocenters. The lowest BCUT2D eigenvalue weighted by molar-refractivity contribution is -0.173. The maximum absolute atomic E-state index is 14.4. The van der Waals surface area contributed by atoms with Gasteiger partial charge in [-0.25, -0.2) is 0 Å². The molecular formula is C37H30F6N2O4. The lowest BCUT2D eigenvalue weighted by atomic mass is 9.74. The fourth-order valence-electron chi connectivity index (χ4n) is 6.08. The van der Waals surface area contributed by atoms with Crippen LogP contribution in [0.15, 0.2) is 72.8 Å². The van der Waals surface area contributed by atoms with Crippen LogP contribution in [-0.4, -0.2) is 53.7 Å². The summed E-state index contributed by atoms with van der Waals surface area (Å²) < 4.78 is 82.4. The summed E-state index contributed by atoms with van der Waals surface area (Å²) >= 11 is 0. The first-order valence-electron chi connectivity index (χ1n) is 14.9. The molecule has 0 bridgehead atoms. The molecule has 0 saturated carbocycles. The minimum atomic E-state index is -4.80. The topological polar surface area (TPSA) is 74.8 Å². The molecule has 2 heterocycles. The molecule has 0 aromatic heterocycles. The van der Waals surface area contributed by atoms with Gasteiger partial charge in [0.1, 0.15) is 5.41 Å². The summed E-state index contributed by atoms with van der Waals surface area (Å²) in [7, 11) is 2.51. The number of benzene rings is 4.